The first kappa shape index (κ1) is 23.4. The molecule has 0 fully saturated rings. The number of rotatable bonds is 1. The van der Waals surface area contributed by atoms with E-state index in [1.165, 1.54) is 23.4 Å². The fourth-order valence-corrected chi connectivity index (χ4v) is 3.35. The van der Waals surface area contributed by atoms with Crippen LogP contribution in [0.1, 0.15) is 31.4 Å². The van der Waals surface area contributed by atoms with Gasteiger partial charge in [0, 0.05) is 35.6 Å². The molecule has 0 spiro atoms. The lowest BCUT2D eigenvalue weighted by atomic mass is 10.0. The molecular weight excluding hydrogens is 397 g/mol. The molecule has 0 saturated heterocycles. The third-order valence-electron chi connectivity index (χ3n) is 4.55. The normalized spacial score (nSPS) is 12.7. The van der Waals surface area contributed by atoms with Crippen LogP contribution in [0.2, 0.25) is 5.02 Å². The van der Waals surface area contributed by atoms with E-state index in [1.54, 1.807) is 43.4 Å². The van der Waals surface area contributed by atoms with Crippen LogP contribution >= 0.6 is 11.6 Å². The zero-order valence-electron chi connectivity index (χ0n) is 17.8. The number of benzene rings is 3. The van der Waals surface area contributed by atoms with Crippen molar-refractivity contribution < 1.29 is 4.39 Å². The zero-order valence-corrected chi connectivity index (χ0v) is 18.5. The first-order chi connectivity index (χ1) is 14.6. The maximum atomic E-state index is 13.1. The van der Waals surface area contributed by atoms with Gasteiger partial charge in [-0.1, -0.05) is 43.6 Å². The molecule has 1 heterocycles. The number of aliphatic imine (C=N–C) groups is 1. The number of para-hydroxylation sites is 1. The summed E-state index contributed by atoms with van der Waals surface area (Å²) in [7, 11) is 1.79. The van der Waals surface area contributed by atoms with Crippen molar-refractivity contribution in [2.24, 2.45) is 4.99 Å². The van der Waals surface area contributed by atoms with Gasteiger partial charge in [0.1, 0.15) is 11.7 Å². The Morgan fingerprint density at radius 1 is 0.967 bits per heavy atom. The quantitative estimate of drug-likeness (QED) is 0.271. The van der Waals surface area contributed by atoms with Crippen molar-refractivity contribution >= 4 is 28.8 Å². The Balaban J connectivity index is 0.000000269. The summed E-state index contributed by atoms with van der Waals surface area (Å²) in [4.78, 5) is 6.66. The van der Waals surface area contributed by atoms with Crippen LogP contribution in [-0.4, -0.2) is 19.4 Å². The molecule has 0 bridgehead atoms. The summed E-state index contributed by atoms with van der Waals surface area (Å²) in [6.45, 7) is 4.95. The summed E-state index contributed by atoms with van der Waals surface area (Å²) in [5.41, 5.74) is 9.62. The molecule has 0 unspecified atom stereocenters. The van der Waals surface area contributed by atoms with Gasteiger partial charge in [-0.3, -0.25) is 4.99 Å². The highest BCUT2D eigenvalue weighted by Gasteiger charge is 2.21. The molecule has 0 amide bonds. The van der Waals surface area contributed by atoms with E-state index in [0.717, 1.165) is 41.5 Å². The molecule has 3 aromatic carbocycles. The van der Waals surface area contributed by atoms with E-state index in [1.807, 2.05) is 13.8 Å². The number of nitrogens with two attached hydrogens (primary N) is 1. The van der Waals surface area contributed by atoms with E-state index in [2.05, 4.69) is 34.2 Å². The van der Waals surface area contributed by atoms with E-state index in [0.29, 0.717) is 0 Å². The molecule has 30 heavy (non-hydrogen) atoms. The van der Waals surface area contributed by atoms with Gasteiger partial charge in [0.05, 0.1) is 0 Å². The molecule has 3 aromatic rings. The highest BCUT2D eigenvalue weighted by atomic mass is 35.5. The molecule has 0 radical (unpaired) electrons. The molecule has 5 heteroatoms. The first-order valence-corrected chi connectivity index (χ1v) is 10.6. The van der Waals surface area contributed by atoms with E-state index in [9.17, 15) is 4.39 Å². The van der Waals surface area contributed by atoms with Crippen molar-refractivity contribution in [3.05, 3.63) is 94.8 Å². The maximum absolute atomic E-state index is 13.1. The van der Waals surface area contributed by atoms with Gasteiger partial charge in [-0.25, -0.2) is 4.39 Å². The van der Waals surface area contributed by atoms with Crippen LogP contribution in [0, 0.1) is 5.82 Å². The minimum atomic E-state index is -0.219. The molecule has 2 N–H and O–H groups in total. The van der Waals surface area contributed by atoms with Crippen molar-refractivity contribution in [2.45, 2.75) is 26.7 Å². The largest absolute Gasteiger partial charge is 0.399 e. The summed E-state index contributed by atoms with van der Waals surface area (Å²) in [5, 5.41) is 0.721. The van der Waals surface area contributed by atoms with Crippen molar-refractivity contribution in [1.82, 2.24) is 0 Å². The van der Waals surface area contributed by atoms with Gasteiger partial charge < -0.3 is 10.6 Å². The predicted molar refractivity (Wildman–Crippen MR) is 128 cm³/mol. The summed E-state index contributed by atoms with van der Waals surface area (Å²) >= 11 is 5.56. The summed E-state index contributed by atoms with van der Waals surface area (Å²) in [6.07, 6.45) is 2.21. The van der Waals surface area contributed by atoms with Gasteiger partial charge in [0.15, 0.2) is 0 Å². The molecule has 1 aliphatic rings. The predicted octanol–water partition coefficient (Wildman–Crippen LogP) is 6.60. The smallest absolute Gasteiger partial charge is 0.135 e. The number of nitrogens with zero attached hydrogens (tertiary/aromatic N) is 2. The molecule has 0 atom stereocenters. The van der Waals surface area contributed by atoms with E-state index >= 15 is 0 Å². The van der Waals surface area contributed by atoms with Gasteiger partial charge >= 0.3 is 0 Å². The zero-order chi connectivity index (χ0) is 21.9. The standard InChI is InChI=1S/C17H17FN2.C6H6ClN.C2H6/c1-19-17(14-8-10-15(18)11-9-14)20-12-4-6-13-5-2-3-7-16(13)20;7-5-1-3-6(8)4-2-5;1-2/h2-3,5,7-11H,4,6,12H2,1H3;1-4H,8H2;1-2H3. The number of fused-ring (bicyclic) bond motifs is 1. The van der Waals surface area contributed by atoms with Gasteiger partial charge in [-0.05, 0) is 73.0 Å². The highest BCUT2D eigenvalue weighted by molar-refractivity contribution is 6.30. The van der Waals surface area contributed by atoms with Crippen LogP contribution in [0.4, 0.5) is 15.8 Å². The molecule has 1 aliphatic heterocycles. The van der Waals surface area contributed by atoms with E-state index in [4.69, 9.17) is 17.3 Å². The SMILES string of the molecule is CC.CN=C(c1ccc(F)cc1)N1CCCc2ccccc21.Nc1ccc(Cl)cc1. The molecule has 158 valence electrons. The molecule has 0 aliphatic carbocycles. The summed E-state index contributed by atoms with van der Waals surface area (Å²) < 4.78 is 13.1. The minimum absolute atomic E-state index is 0.219. The van der Waals surface area contributed by atoms with Crippen LogP contribution in [-0.2, 0) is 6.42 Å². The van der Waals surface area contributed by atoms with E-state index < -0.39 is 0 Å². The Labute approximate surface area is 184 Å². The average molecular weight is 426 g/mol. The van der Waals surface area contributed by atoms with Gasteiger partial charge in [0.25, 0.3) is 0 Å². The summed E-state index contributed by atoms with van der Waals surface area (Å²) in [5.74, 6) is 0.681. The number of anilines is 2. The van der Waals surface area contributed by atoms with Crippen molar-refractivity contribution in [1.29, 1.82) is 0 Å². The lowest BCUT2D eigenvalue weighted by molar-refractivity contribution is 0.627. The van der Waals surface area contributed by atoms with E-state index in [-0.39, 0.29) is 5.82 Å². The van der Waals surface area contributed by atoms with Gasteiger partial charge in [-0.15, -0.1) is 0 Å². The van der Waals surface area contributed by atoms with Crippen molar-refractivity contribution in [3.8, 4) is 0 Å². The molecule has 4 rings (SSSR count). The van der Waals surface area contributed by atoms with Crippen LogP contribution < -0.4 is 10.6 Å². The third-order valence-corrected chi connectivity index (χ3v) is 4.80. The average Bonchev–Trinajstić information content (AvgIpc) is 2.79. The fraction of sp³-hybridized carbons (Fsp3) is 0.240. The third kappa shape index (κ3) is 6.33. The Hall–Kier alpha value is -2.85. The maximum Gasteiger partial charge on any atom is 0.135 e. The molecule has 0 saturated carbocycles. The van der Waals surface area contributed by atoms with Crippen molar-refractivity contribution in [3.63, 3.8) is 0 Å². The van der Waals surface area contributed by atoms with Crippen molar-refractivity contribution in [2.75, 3.05) is 24.2 Å². The fourth-order valence-electron chi connectivity index (χ4n) is 3.22. The second kappa shape index (κ2) is 12.0. The van der Waals surface area contributed by atoms with Crippen LogP contribution in [0.5, 0.6) is 0 Å². The van der Waals surface area contributed by atoms with Crippen LogP contribution in [0.25, 0.3) is 0 Å². The minimum Gasteiger partial charge on any atom is -0.399 e. The molecular formula is C25H29ClFN3. The van der Waals surface area contributed by atoms with Gasteiger partial charge in [-0.2, -0.15) is 0 Å². The number of nitrogen functional groups attached to an aromatic ring is 1. The molecule has 3 nitrogen and oxygen atoms in total. The molecule has 0 aromatic heterocycles. The number of aryl methyl sites for hydroxylation is 1. The number of hydrogen-bond donors (Lipinski definition) is 1. The second-order valence-electron chi connectivity index (χ2n) is 6.49. The van der Waals surface area contributed by atoms with Crippen LogP contribution in [0.3, 0.4) is 0 Å². The van der Waals surface area contributed by atoms with Gasteiger partial charge in [0.2, 0.25) is 0 Å². The highest BCUT2D eigenvalue weighted by Crippen LogP contribution is 2.28. The monoisotopic (exact) mass is 425 g/mol. The number of halogens is 2. The Kier molecular flexibility index (Phi) is 9.36. The summed E-state index contributed by atoms with van der Waals surface area (Å²) in [6, 6.07) is 22.0. The Morgan fingerprint density at radius 3 is 2.20 bits per heavy atom. The lowest BCUT2D eigenvalue weighted by Gasteiger charge is -2.32. The number of hydrogen-bond acceptors (Lipinski definition) is 2. The Bertz CT molecular complexity index is 916. The Morgan fingerprint density at radius 2 is 1.60 bits per heavy atom. The van der Waals surface area contributed by atoms with Crippen LogP contribution in [0.15, 0.2) is 77.8 Å². The lowest BCUT2D eigenvalue weighted by Crippen LogP contribution is -2.36. The second-order valence-corrected chi connectivity index (χ2v) is 6.93. The first-order valence-electron chi connectivity index (χ1n) is 10.2. The number of amidine groups is 1. The topological polar surface area (TPSA) is 41.6 Å².